The zero-order valence-corrected chi connectivity index (χ0v) is 21.3. The number of carbonyl (C=O) groups is 1. The first-order valence-corrected chi connectivity index (χ1v) is 10.8. The number of aliphatic hydroxyl groups is 1. The van der Waals surface area contributed by atoms with Crippen LogP contribution in [0, 0.1) is 6.07 Å². The molecule has 1 N–H and O–H groups in total. The van der Waals surface area contributed by atoms with Gasteiger partial charge < -0.3 is 10.1 Å². The number of halogens is 6. The van der Waals surface area contributed by atoms with Crippen LogP contribution in [0.4, 0.5) is 26.3 Å². The van der Waals surface area contributed by atoms with Crippen LogP contribution in [0.1, 0.15) is 0 Å². The molecule has 38 heavy (non-hydrogen) atoms. The first kappa shape index (κ1) is 27.3. The molecule has 0 aliphatic heterocycles. The summed E-state index contributed by atoms with van der Waals surface area (Å²) in [6.45, 7) is 0. The Bertz CT molecular complexity index is 1640. The number of pyridine rings is 1. The maximum Gasteiger partial charge on any atom is 0.454 e. The van der Waals surface area contributed by atoms with E-state index in [4.69, 9.17) is 10.1 Å². The summed E-state index contributed by atoms with van der Waals surface area (Å²) in [4.78, 5) is 14.6. The molecular formula is C28H14F6IrNO2-. The van der Waals surface area contributed by atoms with E-state index in [9.17, 15) is 31.1 Å². The number of ketones is 1. The molecule has 1 radical (unpaired) electrons. The number of alkyl halides is 6. The van der Waals surface area contributed by atoms with E-state index in [1.807, 2.05) is 12.3 Å². The first-order valence-electron chi connectivity index (χ1n) is 10.8. The van der Waals surface area contributed by atoms with E-state index in [0.29, 0.717) is 0 Å². The average Bonchev–Trinajstić information content (AvgIpc) is 2.87. The molecule has 0 amide bonds. The molecule has 0 fully saturated rings. The van der Waals surface area contributed by atoms with Crippen molar-refractivity contribution in [2.24, 2.45) is 0 Å². The van der Waals surface area contributed by atoms with E-state index in [1.54, 1.807) is 0 Å². The van der Waals surface area contributed by atoms with Crippen molar-refractivity contribution in [2.75, 3.05) is 0 Å². The maximum atomic E-state index is 11.4. The molecule has 0 bridgehead atoms. The number of aromatic nitrogens is 1. The van der Waals surface area contributed by atoms with Gasteiger partial charge in [-0.1, -0.05) is 53.2 Å². The van der Waals surface area contributed by atoms with Crippen molar-refractivity contribution in [2.45, 2.75) is 12.4 Å². The fourth-order valence-corrected chi connectivity index (χ4v) is 4.50. The summed E-state index contributed by atoms with van der Waals surface area (Å²) < 4.78 is 68.1. The van der Waals surface area contributed by atoms with Crippen LogP contribution in [0.2, 0.25) is 0 Å². The van der Waals surface area contributed by atoms with Gasteiger partial charge in [0.25, 0.3) is 5.78 Å². The van der Waals surface area contributed by atoms with Crippen molar-refractivity contribution in [1.29, 1.82) is 0 Å². The third kappa shape index (κ3) is 4.66. The van der Waals surface area contributed by atoms with E-state index in [1.165, 1.54) is 43.1 Å². The standard InChI is InChI=1S/C23H12N.C5H2F6O2.Ir/c1-2-7-15-14(6-1)17-10-5-11-18-16-8-3-4-9-20(16)23-22(21(17)18)19(15)12-13-24-23;6-4(7,8)2(12)1-3(13)5(9,10)11;/h1-8,10-13H;1,12H;/q-1;;/b;2-1-;. The zero-order valence-electron chi connectivity index (χ0n) is 18.9. The average molecular weight is 703 g/mol. The summed E-state index contributed by atoms with van der Waals surface area (Å²) in [7, 11) is 0. The minimum Gasteiger partial charge on any atom is -0.504 e. The second-order valence-corrected chi connectivity index (χ2v) is 8.20. The molecule has 6 rings (SSSR count). The molecule has 0 aliphatic rings. The Hall–Kier alpha value is -3.75. The molecule has 6 aromatic rings. The fraction of sp³-hybridized carbons (Fsp3) is 0.0714. The predicted molar refractivity (Wildman–Crippen MR) is 130 cm³/mol. The molecule has 0 aliphatic carbocycles. The number of hydrogen-bond donors (Lipinski definition) is 1. The van der Waals surface area contributed by atoms with Crippen LogP contribution in [0.3, 0.4) is 0 Å². The molecule has 1 heterocycles. The molecule has 3 nitrogen and oxygen atoms in total. The molecule has 0 atom stereocenters. The van der Waals surface area contributed by atoms with Gasteiger partial charge in [-0.3, -0.25) is 4.79 Å². The summed E-state index contributed by atoms with van der Waals surface area (Å²) in [5.41, 5.74) is 1.05. The summed E-state index contributed by atoms with van der Waals surface area (Å²) in [5.74, 6) is -5.34. The van der Waals surface area contributed by atoms with Gasteiger partial charge >= 0.3 is 12.4 Å². The molecular weight excluding hydrogens is 689 g/mol. The smallest absolute Gasteiger partial charge is 0.454 e. The Balaban J connectivity index is 0.000000209. The number of fused-ring (bicyclic) bond motifs is 6. The minimum absolute atomic E-state index is 0. The van der Waals surface area contributed by atoms with Crippen LogP contribution in [-0.4, -0.2) is 28.2 Å². The quantitative estimate of drug-likeness (QED) is 0.0470. The fourth-order valence-electron chi connectivity index (χ4n) is 4.50. The number of allylic oxidation sites excluding steroid dienone is 2. The van der Waals surface area contributed by atoms with Gasteiger partial charge in [0.15, 0.2) is 0 Å². The number of nitrogens with zero attached hydrogens (tertiary/aromatic N) is 1. The van der Waals surface area contributed by atoms with E-state index in [2.05, 4.69) is 66.7 Å². The van der Waals surface area contributed by atoms with Gasteiger partial charge in [0, 0.05) is 32.4 Å². The Morgan fingerprint density at radius 2 is 1.29 bits per heavy atom. The Labute approximate surface area is 224 Å². The third-order valence-corrected chi connectivity index (χ3v) is 5.99. The summed E-state index contributed by atoms with van der Waals surface area (Å²) in [5, 5.41) is 19.3. The number of benzene rings is 5. The Morgan fingerprint density at radius 3 is 1.89 bits per heavy atom. The van der Waals surface area contributed by atoms with Gasteiger partial charge in [0.1, 0.15) is 0 Å². The molecule has 10 heteroatoms. The van der Waals surface area contributed by atoms with E-state index >= 15 is 0 Å². The summed E-state index contributed by atoms with van der Waals surface area (Å²) in [6.07, 6.45) is -9.76. The minimum atomic E-state index is -5.42. The van der Waals surface area contributed by atoms with Crippen LogP contribution in [0.25, 0.3) is 54.0 Å². The van der Waals surface area contributed by atoms with Gasteiger partial charge in [-0.15, -0.1) is 29.7 Å². The topological polar surface area (TPSA) is 50.2 Å². The van der Waals surface area contributed by atoms with Crippen LogP contribution < -0.4 is 0 Å². The van der Waals surface area contributed by atoms with Crippen molar-refractivity contribution >= 4 is 59.8 Å². The van der Waals surface area contributed by atoms with E-state index < -0.39 is 30.0 Å². The summed E-state index contributed by atoms with van der Waals surface area (Å²) in [6, 6.07) is 27.1. The zero-order chi connectivity index (χ0) is 26.5. The SMILES string of the molecule is O=C(/C=C(\O)C(F)(F)F)C(F)(F)F.[Ir].[c-]1cccc2c1c1nccc3c4ccccc4c4cccc2c4c31. The van der Waals surface area contributed by atoms with E-state index in [-0.39, 0.29) is 20.1 Å². The van der Waals surface area contributed by atoms with Crippen LogP contribution in [0.5, 0.6) is 0 Å². The van der Waals surface area contributed by atoms with Crippen molar-refractivity contribution in [3.63, 3.8) is 0 Å². The van der Waals surface area contributed by atoms with Crippen LogP contribution >= 0.6 is 0 Å². The molecule has 0 spiro atoms. The van der Waals surface area contributed by atoms with Crippen LogP contribution in [0.15, 0.2) is 84.8 Å². The van der Waals surface area contributed by atoms with Crippen molar-refractivity contribution in [1.82, 2.24) is 4.98 Å². The molecule has 0 saturated heterocycles. The van der Waals surface area contributed by atoms with Crippen molar-refractivity contribution in [3.8, 4) is 0 Å². The predicted octanol–water partition coefficient (Wildman–Crippen LogP) is 8.21. The number of hydrogen-bond acceptors (Lipinski definition) is 3. The number of rotatable bonds is 1. The normalized spacial score (nSPS) is 12.6. The number of carbonyl (C=O) groups excluding carboxylic acids is 1. The number of aliphatic hydroxyl groups excluding tert-OH is 1. The molecule has 0 saturated carbocycles. The first-order chi connectivity index (χ1) is 17.5. The second-order valence-electron chi connectivity index (χ2n) is 8.20. The molecule has 195 valence electrons. The van der Waals surface area contributed by atoms with Crippen LogP contribution in [-0.2, 0) is 24.9 Å². The Kier molecular flexibility index (Phi) is 7.07. The molecule has 1 aromatic heterocycles. The van der Waals surface area contributed by atoms with Crippen molar-refractivity contribution in [3.05, 3.63) is 90.8 Å². The largest absolute Gasteiger partial charge is 0.504 e. The summed E-state index contributed by atoms with van der Waals surface area (Å²) >= 11 is 0. The molecule has 5 aromatic carbocycles. The van der Waals surface area contributed by atoms with Gasteiger partial charge in [-0.2, -0.15) is 26.3 Å². The van der Waals surface area contributed by atoms with Gasteiger partial charge in [-0.25, -0.2) is 0 Å². The monoisotopic (exact) mass is 703 g/mol. The third-order valence-electron chi connectivity index (χ3n) is 5.99. The second kappa shape index (κ2) is 9.85. The Morgan fingerprint density at radius 1 is 0.737 bits per heavy atom. The maximum absolute atomic E-state index is 11.4. The molecule has 0 unspecified atom stereocenters. The van der Waals surface area contributed by atoms with Crippen molar-refractivity contribution < 1.29 is 56.3 Å². The van der Waals surface area contributed by atoms with Gasteiger partial charge in [0.05, 0.1) is 0 Å². The van der Waals surface area contributed by atoms with Gasteiger partial charge in [-0.05, 0) is 43.9 Å². The van der Waals surface area contributed by atoms with E-state index in [0.717, 1.165) is 10.9 Å². The van der Waals surface area contributed by atoms with Gasteiger partial charge in [0.2, 0.25) is 5.76 Å².